The average Bonchev–Trinajstić information content (AvgIpc) is 2.56. The van der Waals surface area contributed by atoms with Crippen molar-refractivity contribution in [3.05, 3.63) is 58.3 Å². The number of hydrogen-bond donors (Lipinski definition) is 1. The van der Waals surface area contributed by atoms with Gasteiger partial charge in [-0.05, 0) is 48.9 Å². The number of methoxy groups -OCH3 is 1. The molecule has 23 heavy (non-hydrogen) atoms. The van der Waals surface area contributed by atoms with Crippen LogP contribution in [0.15, 0.2) is 46.9 Å². The molecule has 0 radical (unpaired) electrons. The van der Waals surface area contributed by atoms with Gasteiger partial charge in [0.1, 0.15) is 17.3 Å². The van der Waals surface area contributed by atoms with E-state index in [0.717, 1.165) is 4.47 Å². The molecule has 0 aliphatic carbocycles. The van der Waals surface area contributed by atoms with Crippen molar-refractivity contribution in [2.24, 2.45) is 0 Å². The fourth-order valence-corrected chi connectivity index (χ4v) is 2.31. The van der Waals surface area contributed by atoms with Crippen molar-refractivity contribution < 1.29 is 18.7 Å². The average molecular weight is 382 g/mol. The number of carbonyl (C=O) groups excluding carboxylic acids is 1. The van der Waals surface area contributed by atoms with Gasteiger partial charge in [0.25, 0.3) is 5.91 Å². The minimum Gasteiger partial charge on any atom is -0.496 e. The highest BCUT2D eigenvalue weighted by Gasteiger charge is 2.12. The second-order valence-electron chi connectivity index (χ2n) is 4.76. The van der Waals surface area contributed by atoms with Crippen LogP contribution in [0.2, 0.25) is 0 Å². The van der Waals surface area contributed by atoms with Gasteiger partial charge in [-0.15, -0.1) is 0 Å². The number of carbonyl (C=O) groups is 1. The molecule has 0 aromatic heterocycles. The minimum absolute atomic E-state index is 0.204. The zero-order valence-electron chi connectivity index (χ0n) is 12.6. The van der Waals surface area contributed by atoms with E-state index in [2.05, 4.69) is 21.2 Å². The largest absolute Gasteiger partial charge is 0.496 e. The molecule has 4 nitrogen and oxygen atoms in total. The van der Waals surface area contributed by atoms with E-state index < -0.39 is 0 Å². The molecule has 1 N–H and O–H groups in total. The molecule has 2 aromatic rings. The normalized spacial score (nSPS) is 10.2. The quantitative estimate of drug-likeness (QED) is 0.742. The Morgan fingerprint density at radius 3 is 2.65 bits per heavy atom. The summed E-state index contributed by atoms with van der Waals surface area (Å²) in [5.41, 5.74) is 0.473. The summed E-state index contributed by atoms with van der Waals surface area (Å²) < 4.78 is 24.2. The second kappa shape index (κ2) is 8.53. The summed E-state index contributed by atoms with van der Waals surface area (Å²) in [6.45, 7) is 0.900. The highest BCUT2D eigenvalue weighted by Crippen LogP contribution is 2.22. The molecule has 0 bridgehead atoms. The van der Waals surface area contributed by atoms with Crippen molar-refractivity contribution in [1.29, 1.82) is 0 Å². The van der Waals surface area contributed by atoms with Gasteiger partial charge in [0.15, 0.2) is 0 Å². The van der Waals surface area contributed by atoms with Crippen LogP contribution in [0.3, 0.4) is 0 Å². The zero-order valence-corrected chi connectivity index (χ0v) is 14.2. The molecule has 0 atom stereocenters. The molecule has 0 saturated heterocycles. The van der Waals surface area contributed by atoms with Crippen LogP contribution in [0.25, 0.3) is 0 Å². The summed E-state index contributed by atoms with van der Waals surface area (Å²) in [4.78, 5) is 12.2. The number of ether oxygens (including phenoxy) is 2. The molecule has 0 aliphatic heterocycles. The predicted octanol–water partition coefficient (Wildman–Crippen LogP) is 3.80. The van der Waals surface area contributed by atoms with Crippen LogP contribution in [0, 0.1) is 5.82 Å². The summed E-state index contributed by atoms with van der Waals surface area (Å²) in [7, 11) is 1.52. The van der Waals surface area contributed by atoms with Crippen molar-refractivity contribution in [3.63, 3.8) is 0 Å². The van der Waals surface area contributed by atoms with Crippen LogP contribution >= 0.6 is 15.9 Å². The Bertz CT molecular complexity index is 661. The summed E-state index contributed by atoms with van der Waals surface area (Å²) in [6.07, 6.45) is 0.638. The van der Waals surface area contributed by atoms with E-state index in [9.17, 15) is 9.18 Å². The van der Waals surface area contributed by atoms with Gasteiger partial charge < -0.3 is 14.8 Å². The van der Waals surface area contributed by atoms with Gasteiger partial charge in [0, 0.05) is 11.0 Å². The van der Waals surface area contributed by atoms with Gasteiger partial charge in [0.2, 0.25) is 0 Å². The molecule has 0 aliphatic rings. The van der Waals surface area contributed by atoms with Crippen LogP contribution in [0.4, 0.5) is 4.39 Å². The van der Waals surface area contributed by atoms with Gasteiger partial charge in [-0.25, -0.2) is 4.39 Å². The molecule has 122 valence electrons. The van der Waals surface area contributed by atoms with Gasteiger partial charge >= 0.3 is 0 Å². The van der Waals surface area contributed by atoms with Crippen molar-refractivity contribution in [2.45, 2.75) is 6.42 Å². The molecular formula is C17H17BrFNO3. The third-order valence-electron chi connectivity index (χ3n) is 3.10. The van der Waals surface area contributed by atoms with E-state index in [1.54, 1.807) is 24.3 Å². The Balaban J connectivity index is 1.77. The summed E-state index contributed by atoms with van der Waals surface area (Å²) >= 11 is 3.34. The number of hydrogen-bond acceptors (Lipinski definition) is 3. The summed E-state index contributed by atoms with van der Waals surface area (Å²) in [5.74, 6) is 0.622. The van der Waals surface area contributed by atoms with E-state index in [1.165, 1.54) is 19.2 Å². The number of rotatable bonds is 7. The molecule has 1 amide bonds. The molecule has 2 rings (SSSR count). The zero-order chi connectivity index (χ0) is 16.7. The fourth-order valence-electron chi connectivity index (χ4n) is 1.95. The van der Waals surface area contributed by atoms with Gasteiger partial charge in [0.05, 0.1) is 19.3 Å². The molecule has 0 saturated carbocycles. The first-order valence-electron chi connectivity index (χ1n) is 7.10. The first kappa shape index (κ1) is 17.3. The maximum absolute atomic E-state index is 12.8. The molecule has 2 aromatic carbocycles. The Kier molecular flexibility index (Phi) is 6.40. The molecule has 0 spiro atoms. The Labute approximate surface area is 142 Å². The number of benzene rings is 2. The number of nitrogens with one attached hydrogen (secondary N) is 1. The number of amides is 1. The second-order valence-corrected chi connectivity index (χ2v) is 5.67. The van der Waals surface area contributed by atoms with Crippen molar-refractivity contribution in [3.8, 4) is 11.5 Å². The van der Waals surface area contributed by atoms with Crippen LogP contribution in [0.1, 0.15) is 16.8 Å². The summed E-state index contributed by atoms with van der Waals surface area (Å²) in [6, 6.07) is 11.1. The van der Waals surface area contributed by atoms with Gasteiger partial charge in [-0.2, -0.15) is 0 Å². The topological polar surface area (TPSA) is 47.6 Å². The highest BCUT2D eigenvalue weighted by molar-refractivity contribution is 9.10. The molecule has 6 heteroatoms. The van der Waals surface area contributed by atoms with Crippen molar-refractivity contribution in [2.75, 3.05) is 20.3 Å². The van der Waals surface area contributed by atoms with Crippen molar-refractivity contribution in [1.82, 2.24) is 5.32 Å². The summed E-state index contributed by atoms with van der Waals surface area (Å²) in [5, 5.41) is 2.82. The van der Waals surface area contributed by atoms with E-state index >= 15 is 0 Å². The molecule has 0 heterocycles. The van der Waals surface area contributed by atoms with Crippen LogP contribution in [0.5, 0.6) is 11.5 Å². The maximum atomic E-state index is 12.8. The Morgan fingerprint density at radius 2 is 1.96 bits per heavy atom. The van der Waals surface area contributed by atoms with Gasteiger partial charge in [-0.3, -0.25) is 4.79 Å². The van der Waals surface area contributed by atoms with Crippen molar-refractivity contribution >= 4 is 21.8 Å². The van der Waals surface area contributed by atoms with Crippen LogP contribution in [-0.4, -0.2) is 26.2 Å². The third-order valence-corrected chi connectivity index (χ3v) is 3.59. The number of halogens is 2. The van der Waals surface area contributed by atoms with Crippen LogP contribution in [-0.2, 0) is 0 Å². The first-order chi connectivity index (χ1) is 11.1. The standard InChI is InChI=1S/C17H17BrFNO3/c1-22-16-8-3-12(18)11-15(16)17(21)20-9-2-10-23-14-6-4-13(19)5-7-14/h3-8,11H,2,9-10H2,1H3,(H,20,21). The first-order valence-corrected chi connectivity index (χ1v) is 7.89. The maximum Gasteiger partial charge on any atom is 0.255 e. The van der Waals surface area contributed by atoms with Gasteiger partial charge in [-0.1, -0.05) is 15.9 Å². The van der Waals surface area contributed by atoms with Crippen LogP contribution < -0.4 is 14.8 Å². The van der Waals surface area contributed by atoms with E-state index in [4.69, 9.17) is 9.47 Å². The monoisotopic (exact) mass is 381 g/mol. The SMILES string of the molecule is COc1ccc(Br)cc1C(=O)NCCCOc1ccc(F)cc1. The molecule has 0 fully saturated rings. The smallest absolute Gasteiger partial charge is 0.255 e. The molecule has 0 unspecified atom stereocenters. The lowest BCUT2D eigenvalue weighted by Crippen LogP contribution is -2.26. The lowest BCUT2D eigenvalue weighted by molar-refractivity contribution is 0.0948. The Hall–Kier alpha value is -2.08. The van der Waals surface area contributed by atoms with E-state index in [1.807, 2.05) is 6.07 Å². The van der Waals surface area contributed by atoms with E-state index in [-0.39, 0.29) is 11.7 Å². The Morgan fingerprint density at radius 1 is 1.22 bits per heavy atom. The predicted molar refractivity (Wildman–Crippen MR) is 89.5 cm³/mol. The highest BCUT2D eigenvalue weighted by atomic mass is 79.9. The minimum atomic E-state index is -0.299. The molecular weight excluding hydrogens is 365 g/mol. The lowest BCUT2D eigenvalue weighted by Gasteiger charge is -2.10. The van der Waals surface area contributed by atoms with E-state index in [0.29, 0.717) is 36.6 Å². The lowest BCUT2D eigenvalue weighted by atomic mass is 10.2. The fraction of sp³-hybridized carbons (Fsp3) is 0.235. The third kappa shape index (κ3) is 5.25.